The number of hydrogen-bond donors (Lipinski definition) is 2. The van der Waals surface area contributed by atoms with Crippen molar-refractivity contribution in [3.63, 3.8) is 0 Å². The molecule has 0 fully saturated rings. The lowest BCUT2D eigenvalue weighted by Crippen LogP contribution is -2.20. The second-order valence-electron chi connectivity index (χ2n) is 4.15. The van der Waals surface area contributed by atoms with Crippen LogP contribution in [0.25, 0.3) is 0 Å². The number of carboxylic acids is 1. The number of aliphatic carboxylic acids is 1. The summed E-state index contributed by atoms with van der Waals surface area (Å²) in [6.45, 7) is 1.94. The SMILES string of the molecule is Cc1ccc2c(c1)NC(=O)CC(C(=O)O)C2. The molecule has 0 bridgehead atoms. The Balaban J connectivity index is 2.39. The van der Waals surface area contributed by atoms with Gasteiger partial charge in [-0.2, -0.15) is 0 Å². The molecule has 1 amide bonds. The highest BCUT2D eigenvalue weighted by atomic mass is 16.4. The lowest BCUT2D eigenvalue weighted by Gasteiger charge is -2.08. The molecule has 1 atom stereocenters. The van der Waals surface area contributed by atoms with E-state index in [9.17, 15) is 9.59 Å². The third kappa shape index (κ3) is 2.05. The molecule has 1 aromatic rings. The van der Waals surface area contributed by atoms with E-state index in [-0.39, 0.29) is 12.3 Å². The smallest absolute Gasteiger partial charge is 0.307 e. The lowest BCUT2D eigenvalue weighted by atomic mass is 9.96. The first-order valence-corrected chi connectivity index (χ1v) is 5.18. The van der Waals surface area contributed by atoms with Crippen molar-refractivity contribution in [2.24, 2.45) is 5.92 Å². The molecule has 16 heavy (non-hydrogen) atoms. The molecule has 1 heterocycles. The number of anilines is 1. The maximum Gasteiger partial charge on any atom is 0.307 e. The molecule has 0 aliphatic carbocycles. The molecule has 2 N–H and O–H groups in total. The molecular weight excluding hydrogens is 206 g/mol. The number of carboxylic acid groups (broad SMARTS) is 1. The molecule has 1 unspecified atom stereocenters. The number of carbonyl (C=O) groups excluding carboxylic acids is 1. The molecule has 0 aromatic heterocycles. The molecular formula is C12H13NO3. The predicted molar refractivity (Wildman–Crippen MR) is 59.3 cm³/mol. The zero-order valence-corrected chi connectivity index (χ0v) is 8.99. The highest BCUT2D eigenvalue weighted by molar-refractivity contribution is 5.95. The van der Waals surface area contributed by atoms with E-state index in [1.165, 1.54) is 0 Å². The minimum absolute atomic E-state index is 0.0447. The van der Waals surface area contributed by atoms with Crippen LogP contribution in [0.5, 0.6) is 0 Å². The second kappa shape index (κ2) is 3.96. The summed E-state index contributed by atoms with van der Waals surface area (Å²) in [5, 5.41) is 11.7. The van der Waals surface area contributed by atoms with Crippen LogP contribution < -0.4 is 5.32 Å². The van der Waals surface area contributed by atoms with Crippen LogP contribution >= 0.6 is 0 Å². The van der Waals surface area contributed by atoms with Gasteiger partial charge < -0.3 is 10.4 Å². The van der Waals surface area contributed by atoms with E-state index in [4.69, 9.17) is 5.11 Å². The first-order chi connectivity index (χ1) is 7.56. The molecule has 0 radical (unpaired) electrons. The van der Waals surface area contributed by atoms with Gasteiger partial charge in [-0.25, -0.2) is 0 Å². The van der Waals surface area contributed by atoms with Crippen LogP contribution in [0.4, 0.5) is 5.69 Å². The fourth-order valence-electron chi connectivity index (χ4n) is 1.92. The number of carbonyl (C=O) groups is 2. The van der Waals surface area contributed by atoms with Crippen molar-refractivity contribution in [1.82, 2.24) is 0 Å². The van der Waals surface area contributed by atoms with Gasteiger partial charge in [0.1, 0.15) is 0 Å². The Hall–Kier alpha value is -1.84. The number of amides is 1. The van der Waals surface area contributed by atoms with Crippen molar-refractivity contribution < 1.29 is 14.7 Å². The van der Waals surface area contributed by atoms with Crippen LogP contribution in [0.2, 0.25) is 0 Å². The third-order valence-electron chi connectivity index (χ3n) is 2.79. The van der Waals surface area contributed by atoms with E-state index in [1.54, 1.807) is 0 Å². The number of fused-ring (bicyclic) bond motifs is 1. The summed E-state index contributed by atoms with van der Waals surface area (Å²) in [6.07, 6.45) is 0.451. The summed E-state index contributed by atoms with van der Waals surface area (Å²) in [6, 6.07) is 5.68. The summed E-state index contributed by atoms with van der Waals surface area (Å²) in [5.74, 6) is -1.76. The molecule has 1 aliphatic heterocycles. The van der Waals surface area contributed by atoms with Gasteiger partial charge in [-0.1, -0.05) is 12.1 Å². The monoisotopic (exact) mass is 219 g/mol. The predicted octanol–water partition coefficient (Wildman–Crippen LogP) is 1.58. The molecule has 1 aliphatic rings. The standard InChI is InChI=1S/C12H13NO3/c1-7-2-3-8-5-9(12(15)16)6-11(14)13-10(8)4-7/h2-4,9H,5-6H2,1H3,(H,13,14)(H,15,16). The van der Waals surface area contributed by atoms with Crippen molar-refractivity contribution in [2.45, 2.75) is 19.8 Å². The molecule has 0 saturated heterocycles. The van der Waals surface area contributed by atoms with E-state index >= 15 is 0 Å². The van der Waals surface area contributed by atoms with Gasteiger partial charge in [0.25, 0.3) is 0 Å². The van der Waals surface area contributed by atoms with Gasteiger partial charge in [0.05, 0.1) is 5.92 Å². The van der Waals surface area contributed by atoms with Crippen molar-refractivity contribution >= 4 is 17.6 Å². The van der Waals surface area contributed by atoms with Crippen LogP contribution in [0, 0.1) is 12.8 Å². The molecule has 4 nitrogen and oxygen atoms in total. The quantitative estimate of drug-likeness (QED) is 0.753. The van der Waals surface area contributed by atoms with E-state index in [0.29, 0.717) is 6.42 Å². The number of hydrogen-bond acceptors (Lipinski definition) is 2. The fourth-order valence-corrected chi connectivity index (χ4v) is 1.92. The van der Waals surface area contributed by atoms with E-state index in [0.717, 1.165) is 16.8 Å². The minimum Gasteiger partial charge on any atom is -0.481 e. The molecule has 2 rings (SSSR count). The lowest BCUT2D eigenvalue weighted by molar-refractivity contribution is -0.143. The number of rotatable bonds is 1. The van der Waals surface area contributed by atoms with Gasteiger partial charge >= 0.3 is 5.97 Å². The van der Waals surface area contributed by atoms with Crippen LogP contribution in [-0.2, 0) is 16.0 Å². The van der Waals surface area contributed by atoms with Crippen LogP contribution in [0.15, 0.2) is 18.2 Å². The van der Waals surface area contributed by atoms with Crippen molar-refractivity contribution in [3.05, 3.63) is 29.3 Å². The van der Waals surface area contributed by atoms with Gasteiger partial charge in [-0.3, -0.25) is 9.59 Å². The Morgan fingerprint density at radius 1 is 1.44 bits per heavy atom. The largest absolute Gasteiger partial charge is 0.481 e. The highest BCUT2D eigenvalue weighted by Gasteiger charge is 2.26. The molecule has 4 heteroatoms. The Labute approximate surface area is 93.3 Å². The molecule has 0 saturated carbocycles. The average Bonchev–Trinajstić information content (AvgIpc) is 2.35. The fraction of sp³-hybridized carbons (Fsp3) is 0.333. The maximum atomic E-state index is 11.5. The van der Waals surface area contributed by atoms with E-state index in [2.05, 4.69) is 5.32 Å². The van der Waals surface area contributed by atoms with Crippen LogP contribution in [0.3, 0.4) is 0 Å². The summed E-state index contributed by atoms with van der Waals surface area (Å²) >= 11 is 0. The molecule has 1 aromatic carbocycles. The topological polar surface area (TPSA) is 66.4 Å². The first kappa shape index (κ1) is 10.7. The highest BCUT2D eigenvalue weighted by Crippen LogP contribution is 2.26. The van der Waals surface area contributed by atoms with Gasteiger partial charge in [0.15, 0.2) is 0 Å². The first-order valence-electron chi connectivity index (χ1n) is 5.18. The van der Waals surface area contributed by atoms with Gasteiger partial charge in [0.2, 0.25) is 5.91 Å². The van der Waals surface area contributed by atoms with Gasteiger partial charge in [-0.15, -0.1) is 0 Å². The summed E-state index contributed by atoms with van der Waals surface area (Å²) in [4.78, 5) is 22.4. The van der Waals surface area contributed by atoms with Crippen LogP contribution in [-0.4, -0.2) is 17.0 Å². The van der Waals surface area contributed by atoms with Crippen molar-refractivity contribution in [2.75, 3.05) is 5.32 Å². The number of nitrogens with one attached hydrogen (secondary N) is 1. The van der Waals surface area contributed by atoms with Gasteiger partial charge in [-0.05, 0) is 30.5 Å². The van der Waals surface area contributed by atoms with Crippen molar-refractivity contribution in [1.29, 1.82) is 0 Å². The number of aryl methyl sites for hydroxylation is 1. The maximum absolute atomic E-state index is 11.5. The van der Waals surface area contributed by atoms with Crippen LogP contribution in [0.1, 0.15) is 17.5 Å². The Kier molecular flexibility index (Phi) is 2.64. The molecule has 84 valence electrons. The Morgan fingerprint density at radius 2 is 2.19 bits per heavy atom. The van der Waals surface area contributed by atoms with E-state index < -0.39 is 11.9 Å². The summed E-state index contributed by atoms with van der Waals surface area (Å²) in [7, 11) is 0. The summed E-state index contributed by atoms with van der Waals surface area (Å²) < 4.78 is 0. The van der Waals surface area contributed by atoms with Gasteiger partial charge in [0, 0.05) is 12.1 Å². The second-order valence-corrected chi connectivity index (χ2v) is 4.15. The molecule has 0 spiro atoms. The average molecular weight is 219 g/mol. The Bertz CT molecular complexity index is 454. The van der Waals surface area contributed by atoms with Crippen molar-refractivity contribution in [3.8, 4) is 0 Å². The normalized spacial score (nSPS) is 19.6. The third-order valence-corrected chi connectivity index (χ3v) is 2.79. The summed E-state index contributed by atoms with van der Waals surface area (Å²) in [5.41, 5.74) is 2.69. The minimum atomic E-state index is -0.913. The Morgan fingerprint density at radius 3 is 2.88 bits per heavy atom. The zero-order valence-electron chi connectivity index (χ0n) is 8.99. The van der Waals surface area contributed by atoms with E-state index in [1.807, 2.05) is 25.1 Å². The zero-order chi connectivity index (χ0) is 11.7. The number of benzene rings is 1.